The summed E-state index contributed by atoms with van der Waals surface area (Å²) in [4.78, 5) is 23.0. The SMILES string of the molecule is CC1CC(C)CN(S(=O)(=O)c2cccc(C(=O)NC(C)C(=O)O)c2)C1. The summed E-state index contributed by atoms with van der Waals surface area (Å²) in [5, 5.41) is 11.2. The van der Waals surface area contributed by atoms with E-state index in [4.69, 9.17) is 5.11 Å². The van der Waals surface area contributed by atoms with Crippen molar-refractivity contribution in [2.75, 3.05) is 13.1 Å². The van der Waals surface area contributed by atoms with Gasteiger partial charge in [-0.05, 0) is 43.4 Å². The number of carbonyl (C=O) groups is 2. The molecule has 7 nitrogen and oxygen atoms in total. The molecule has 0 radical (unpaired) electrons. The van der Waals surface area contributed by atoms with Crippen LogP contribution in [0.1, 0.15) is 37.6 Å². The number of nitrogens with one attached hydrogen (secondary N) is 1. The van der Waals surface area contributed by atoms with E-state index in [0.29, 0.717) is 13.1 Å². The van der Waals surface area contributed by atoms with Gasteiger partial charge < -0.3 is 10.4 Å². The molecule has 1 heterocycles. The highest BCUT2D eigenvalue weighted by atomic mass is 32.2. The monoisotopic (exact) mass is 368 g/mol. The van der Waals surface area contributed by atoms with Gasteiger partial charge in [-0.15, -0.1) is 0 Å². The van der Waals surface area contributed by atoms with E-state index in [1.54, 1.807) is 0 Å². The van der Waals surface area contributed by atoms with Crippen LogP contribution in [0.15, 0.2) is 29.2 Å². The molecule has 1 aromatic carbocycles. The maximum atomic E-state index is 12.9. The van der Waals surface area contributed by atoms with E-state index < -0.39 is 27.9 Å². The second kappa shape index (κ2) is 7.53. The topological polar surface area (TPSA) is 104 Å². The third-order valence-electron chi connectivity index (χ3n) is 4.29. The van der Waals surface area contributed by atoms with Gasteiger partial charge in [-0.2, -0.15) is 4.31 Å². The summed E-state index contributed by atoms with van der Waals surface area (Å²) >= 11 is 0. The maximum Gasteiger partial charge on any atom is 0.325 e. The Morgan fingerprint density at radius 1 is 1.24 bits per heavy atom. The number of carboxylic acids is 1. The predicted octanol–water partition coefficient (Wildman–Crippen LogP) is 1.56. The lowest BCUT2D eigenvalue weighted by atomic mass is 9.94. The molecule has 25 heavy (non-hydrogen) atoms. The molecule has 8 heteroatoms. The largest absolute Gasteiger partial charge is 0.480 e. The van der Waals surface area contributed by atoms with Crippen molar-refractivity contribution in [2.45, 2.75) is 38.1 Å². The van der Waals surface area contributed by atoms with E-state index in [9.17, 15) is 18.0 Å². The Bertz CT molecular complexity index is 752. The van der Waals surface area contributed by atoms with E-state index in [1.807, 2.05) is 13.8 Å². The Kier molecular flexibility index (Phi) is 5.84. The minimum Gasteiger partial charge on any atom is -0.480 e. The third-order valence-corrected chi connectivity index (χ3v) is 6.12. The Morgan fingerprint density at radius 3 is 2.40 bits per heavy atom. The Morgan fingerprint density at radius 2 is 1.84 bits per heavy atom. The van der Waals surface area contributed by atoms with Crippen LogP contribution >= 0.6 is 0 Å². The van der Waals surface area contributed by atoms with Gasteiger partial charge in [-0.1, -0.05) is 19.9 Å². The lowest BCUT2D eigenvalue weighted by molar-refractivity contribution is -0.138. The molecule has 0 aromatic heterocycles. The van der Waals surface area contributed by atoms with Crippen LogP contribution in [-0.2, 0) is 14.8 Å². The highest BCUT2D eigenvalue weighted by molar-refractivity contribution is 7.89. The number of aliphatic carboxylic acids is 1. The van der Waals surface area contributed by atoms with Crippen molar-refractivity contribution >= 4 is 21.9 Å². The molecule has 1 aliphatic rings. The van der Waals surface area contributed by atoms with Crippen LogP contribution in [-0.4, -0.2) is 48.8 Å². The van der Waals surface area contributed by atoms with E-state index >= 15 is 0 Å². The number of benzene rings is 1. The third kappa shape index (κ3) is 4.58. The summed E-state index contributed by atoms with van der Waals surface area (Å²) in [7, 11) is -3.69. The summed E-state index contributed by atoms with van der Waals surface area (Å²) in [5.41, 5.74) is 0.118. The van der Waals surface area contributed by atoms with Crippen molar-refractivity contribution in [3.63, 3.8) is 0 Å². The summed E-state index contributed by atoms with van der Waals surface area (Å²) < 4.78 is 27.2. The number of nitrogens with zero attached hydrogens (tertiary/aromatic N) is 1. The predicted molar refractivity (Wildman–Crippen MR) is 92.7 cm³/mol. The number of carbonyl (C=O) groups excluding carboxylic acids is 1. The van der Waals surface area contributed by atoms with Crippen LogP contribution < -0.4 is 5.32 Å². The van der Waals surface area contributed by atoms with Crippen molar-refractivity contribution in [2.24, 2.45) is 11.8 Å². The first-order valence-electron chi connectivity index (χ1n) is 8.25. The zero-order valence-corrected chi connectivity index (χ0v) is 15.4. The molecule has 1 saturated heterocycles. The lowest BCUT2D eigenvalue weighted by Crippen LogP contribution is -2.42. The standard InChI is InChI=1S/C17H24N2O5S/c1-11-7-12(2)10-19(9-11)25(23,24)15-6-4-5-14(8-15)16(20)18-13(3)17(21)22/h4-6,8,11-13H,7,9-10H2,1-3H3,(H,18,20)(H,21,22). The number of hydrogen-bond acceptors (Lipinski definition) is 4. The molecule has 0 bridgehead atoms. The number of hydrogen-bond donors (Lipinski definition) is 2. The van der Waals surface area contributed by atoms with Gasteiger partial charge in [0, 0.05) is 18.7 Å². The molecule has 1 fully saturated rings. The first-order chi connectivity index (χ1) is 11.6. The number of piperidine rings is 1. The van der Waals surface area contributed by atoms with Crippen LogP contribution in [0.25, 0.3) is 0 Å². The average Bonchev–Trinajstić information content (AvgIpc) is 2.53. The Balaban J connectivity index is 2.25. The molecule has 0 spiro atoms. The molecule has 138 valence electrons. The van der Waals surface area contributed by atoms with Gasteiger partial charge in [0.15, 0.2) is 0 Å². The molecule has 0 saturated carbocycles. The van der Waals surface area contributed by atoms with E-state index in [0.717, 1.165) is 6.42 Å². The first kappa shape index (κ1) is 19.4. The van der Waals surface area contributed by atoms with Gasteiger partial charge in [0.25, 0.3) is 5.91 Å². The normalized spacial score (nSPS) is 23.0. The van der Waals surface area contributed by atoms with Gasteiger partial charge in [0.05, 0.1) is 4.90 Å². The van der Waals surface area contributed by atoms with Gasteiger partial charge in [0.2, 0.25) is 10.0 Å². The number of carboxylic acid groups (broad SMARTS) is 1. The van der Waals surface area contributed by atoms with Gasteiger partial charge in [-0.3, -0.25) is 9.59 Å². The minimum atomic E-state index is -3.69. The van der Waals surface area contributed by atoms with Crippen molar-refractivity contribution < 1.29 is 23.1 Å². The van der Waals surface area contributed by atoms with Gasteiger partial charge in [-0.25, -0.2) is 8.42 Å². The van der Waals surface area contributed by atoms with E-state index in [-0.39, 0.29) is 22.3 Å². The molecule has 0 aliphatic carbocycles. The Labute approximate surface area is 148 Å². The quantitative estimate of drug-likeness (QED) is 0.821. The van der Waals surface area contributed by atoms with E-state index in [1.165, 1.54) is 35.5 Å². The number of rotatable bonds is 5. The van der Waals surface area contributed by atoms with Gasteiger partial charge in [0.1, 0.15) is 6.04 Å². The molecule has 3 unspecified atom stereocenters. The minimum absolute atomic E-state index is 0.0458. The van der Waals surface area contributed by atoms with Crippen LogP contribution in [0, 0.1) is 11.8 Å². The maximum absolute atomic E-state index is 12.9. The molecule has 2 rings (SSSR count). The second-order valence-corrected chi connectivity index (χ2v) is 8.77. The van der Waals surface area contributed by atoms with E-state index in [2.05, 4.69) is 5.32 Å². The van der Waals surface area contributed by atoms with Gasteiger partial charge >= 0.3 is 5.97 Å². The molecule has 1 aromatic rings. The molecular formula is C17H24N2O5S. The lowest BCUT2D eigenvalue weighted by Gasteiger charge is -2.34. The van der Waals surface area contributed by atoms with Crippen molar-refractivity contribution in [1.82, 2.24) is 9.62 Å². The highest BCUT2D eigenvalue weighted by Crippen LogP contribution is 2.27. The fourth-order valence-corrected chi connectivity index (χ4v) is 4.82. The summed E-state index contributed by atoms with van der Waals surface area (Å²) in [5.74, 6) is -1.22. The average molecular weight is 368 g/mol. The fraction of sp³-hybridized carbons (Fsp3) is 0.529. The van der Waals surface area contributed by atoms with Crippen LogP contribution in [0.4, 0.5) is 0 Å². The molecule has 1 amide bonds. The molecule has 3 atom stereocenters. The first-order valence-corrected chi connectivity index (χ1v) is 9.69. The summed E-state index contributed by atoms with van der Waals surface area (Å²) in [6.07, 6.45) is 0.988. The number of sulfonamides is 1. The van der Waals surface area contributed by atoms with Crippen molar-refractivity contribution in [3.8, 4) is 0 Å². The number of amides is 1. The zero-order valence-electron chi connectivity index (χ0n) is 14.6. The fourth-order valence-electron chi connectivity index (χ4n) is 3.09. The van der Waals surface area contributed by atoms with Crippen LogP contribution in [0.5, 0.6) is 0 Å². The smallest absolute Gasteiger partial charge is 0.325 e. The summed E-state index contributed by atoms with van der Waals surface area (Å²) in [6, 6.07) is 4.64. The second-order valence-electron chi connectivity index (χ2n) is 6.83. The molecule has 2 N–H and O–H groups in total. The molecular weight excluding hydrogens is 344 g/mol. The van der Waals surface area contributed by atoms with Crippen molar-refractivity contribution in [1.29, 1.82) is 0 Å². The highest BCUT2D eigenvalue weighted by Gasteiger charge is 2.32. The zero-order chi connectivity index (χ0) is 18.8. The summed E-state index contributed by atoms with van der Waals surface area (Å²) in [6.45, 7) is 6.31. The van der Waals surface area contributed by atoms with Crippen LogP contribution in [0.2, 0.25) is 0 Å². The Hall–Kier alpha value is -1.93. The molecule has 1 aliphatic heterocycles. The van der Waals surface area contributed by atoms with Crippen LogP contribution in [0.3, 0.4) is 0 Å². The van der Waals surface area contributed by atoms with Crippen molar-refractivity contribution in [3.05, 3.63) is 29.8 Å².